The van der Waals surface area contributed by atoms with E-state index in [1.165, 1.54) is 0 Å². The minimum Gasteiger partial charge on any atom is -0.508 e. The van der Waals surface area contributed by atoms with Gasteiger partial charge < -0.3 is 10.4 Å². The smallest absolute Gasteiger partial charge is 0.269 e. The molecule has 144 valence electrons. The Bertz CT molecular complexity index is 1260. The van der Waals surface area contributed by atoms with Gasteiger partial charge in [0.15, 0.2) is 0 Å². The zero-order valence-electron chi connectivity index (χ0n) is 15.7. The Kier molecular flexibility index (Phi) is 3.94. The van der Waals surface area contributed by atoms with Crippen LogP contribution in [0.4, 0.5) is 5.69 Å². The molecule has 0 spiro atoms. The monoisotopic (exact) mass is 385 g/mol. The first-order chi connectivity index (χ1) is 14.1. The maximum absolute atomic E-state index is 12.8. The second kappa shape index (κ2) is 6.63. The minimum atomic E-state index is -0.264. The molecule has 5 rings (SSSR count). The number of para-hydroxylation sites is 1. The van der Waals surface area contributed by atoms with Gasteiger partial charge in [-0.3, -0.25) is 9.48 Å². The number of rotatable bonds is 3. The highest BCUT2D eigenvalue weighted by Gasteiger charge is 2.36. The largest absolute Gasteiger partial charge is 0.508 e. The summed E-state index contributed by atoms with van der Waals surface area (Å²) >= 11 is 0. The fourth-order valence-electron chi connectivity index (χ4n) is 4.02. The van der Waals surface area contributed by atoms with Crippen LogP contribution in [0.2, 0.25) is 0 Å². The van der Waals surface area contributed by atoms with E-state index in [1.54, 1.807) is 28.9 Å². The number of anilines is 1. The van der Waals surface area contributed by atoms with Gasteiger partial charge in [0, 0.05) is 41.5 Å². The van der Waals surface area contributed by atoms with E-state index >= 15 is 0 Å². The second-order valence-corrected chi connectivity index (χ2v) is 7.22. The second-order valence-electron chi connectivity index (χ2n) is 7.22. The highest BCUT2D eigenvalue weighted by atomic mass is 16.3. The van der Waals surface area contributed by atoms with Gasteiger partial charge in [-0.05, 0) is 29.8 Å². The van der Waals surface area contributed by atoms with Crippen molar-refractivity contribution in [3.8, 4) is 17.0 Å². The molecule has 2 atom stereocenters. The normalized spacial score (nSPS) is 17.7. The topological polar surface area (TPSA) is 95.8 Å². The molecule has 3 heterocycles. The Morgan fingerprint density at radius 2 is 1.93 bits per heavy atom. The summed E-state index contributed by atoms with van der Waals surface area (Å²) in [5.41, 5.74) is 4.83. The van der Waals surface area contributed by atoms with Gasteiger partial charge in [0.25, 0.3) is 5.56 Å². The lowest BCUT2D eigenvalue weighted by atomic mass is 9.86. The predicted molar refractivity (Wildman–Crippen MR) is 110 cm³/mol. The number of aromatic amines is 1. The molecule has 0 saturated carbocycles. The quantitative estimate of drug-likeness (QED) is 0.503. The van der Waals surface area contributed by atoms with Crippen LogP contribution in [0.25, 0.3) is 11.3 Å². The van der Waals surface area contributed by atoms with Gasteiger partial charge >= 0.3 is 0 Å². The van der Waals surface area contributed by atoms with Crippen molar-refractivity contribution in [2.75, 3.05) is 5.32 Å². The first-order valence-corrected chi connectivity index (χ1v) is 9.33. The van der Waals surface area contributed by atoms with Gasteiger partial charge in [-0.25, -0.2) is 5.10 Å². The third-order valence-electron chi connectivity index (χ3n) is 5.33. The average molecular weight is 385 g/mol. The van der Waals surface area contributed by atoms with Crippen LogP contribution in [0, 0.1) is 0 Å². The summed E-state index contributed by atoms with van der Waals surface area (Å²) in [5, 5.41) is 24.4. The molecule has 7 nitrogen and oxygen atoms in total. The Morgan fingerprint density at radius 1 is 1.07 bits per heavy atom. The number of nitrogens with one attached hydrogen (secondary N) is 2. The standard InChI is InChI=1S/C22H19N5O2/c1-27-12-14(11-23-27)20-16-7-2-3-8-18(16)24-21(20)17-10-19(25-26-22(17)29)13-5-4-6-15(28)9-13/h2-12,20-21,24,28H,1H3,(H,26,29). The lowest BCUT2D eigenvalue weighted by molar-refractivity contribution is 0.475. The number of phenols is 1. The van der Waals surface area contributed by atoms with Crippen molar-refractivity contribution in [1.29, 1.82) is 0 Å². The van der Waals surface area contributed by atoms with Crippen molar-refractivity contribution in [3.63, 3.8) is 0 Å². The molecular formula is C22H19N5O2. The number of H-pyrrole nitrogens is 1. The van der Waals surface area contributed by atoms with Crippen LogP contribution in [0.5, 0.6) is 5.75 Å². The molecule has 0 radical (unpaired) electrons. The van der Waals surface area contributed by atoms with E-state index < -0.39 is 0 Å². The predicted octanol–water partition coefficient (Wildman–Crippen LogP) is 3.17. The summed E-state index contributed by atoms with van der Waals surface area (Å²) in [5.74, 6) is 0.0945. The Hall–Kier alpha value is -3.87. The summed E-state index contributed by atoms with van der Waals surface area (Å²) in [4.78, 5) is 12.8. The van der Waals surface area contributed by atoms with Crippen molar-refractivity contribution in [2.45, 2.75) is 12.0 Å². The minimum absolute atomic E-state index is 0.0552. The molecule has 0 bridgehead atoms. The van der Waals surface area contributed by atoms with Crippen molar-refractivity contribution < 1.29 is 5.11 Å². The molecule has 7 heteroatoms. The third kappa shape index (κ3) is 2.97. The van der Waals surface area contributed by atoms with Gasteiger partial charge in [-0.15, -0.1) is 0 Å². The first kappa shape index (κ1) is 17.2. The van der Waals surface area contributed by atoms with E-state index in [1.807, 2.05) is 43.7 Å². The van der Waals surface area contributed by atoms with E-state index in [4.69, 9.17) is 0 Å². The van der Waals surface area contributed by atoms with Gasteiger partial charge in [-0.1, -0.05) is 30.3 Å². The molecule has 0 saturated heterocycles. The Labute approximate surface area is 166 Å². The number of hydrogen-bond acceptors (Lipinski definition) is 5. The van der Waals surface area contributed by atoms with E-state index in [-0.39, 0.29) is 23.3 Å². The van der Waals surface area contributed by atoms with Crippen molar-refractivity contribution in [3.05, 3.63) is 94.0 Å². The molecule has 3 N–H and O–H groups in total. The summed E-state index contributed by atoms with van der Waals surface area (Å²) in [7, 11) is 1.88. The van der Waals surface area contributed by atoms with Gasteiger partial charge in [0.05, 0.1) is 17.9 Å². The van der Waals surface area contributed by atoms with Gasteiger partial charge in [0.2, 0.25) is 0 Å². The third-order valence-corrected chi connectivity index (χ3v) is 5.33. The zero-order chi connectivity index (χ0) is 20.0. The molecule has 2 unspecified atom stereocenters. The highest BCUT2D eigenvalue weighted by molar-refractivity contribution is 5.65. The number of benzene rings is 2. The highest BCUT2D eigenvalue weighted by Crippen LogP contribution is 2.47. The molecule has 2 aromatic heterocycles. The van der Waals surface area contributed by atoms with Crippen molar-refractivity contribution >= 4 is 5.69 Å². The molecule has 4 aromatic rings. The molecule has 0 fully saturated rings. The SMILES string of the molecule is Cn1cc(C2c3ccccc3NC2c2cc(-c3cccc(O)c3)n[nH]c2=O)cn1. The lowest BCUT2D eigenvalue weighted by Gasteiger charge is -2.19. The van der Waals surface area contributed by atoms with Crippen LogP contribution in [-0.4, -0.2) is 25.1 Å². The van der Waals surface area contributed by atoms with E-state index in [9.17, 15) is 9.90 Å². The molecule has 0 amide bonds. The summed E-state index contributed by atoms with van der Waals surface area (Å²) in [6, 6.07) is 16.4. The van der Waals surface area contributed by atoms with Crippen LogP contribution in [-0.2, 0) is 7.05 Å². The number of nitrogens with zero attached hydrogens (tertiary/aromatic N) is 3. The van der Waals surface area contributed by atoms with Crippen LogP contribution >= 0.6 is 0 Å². The number of aromatic hydroxyl groups is 1. The Balaban J connectivity index is 1.64. The molecule has 0 aliphatic carbocycles. The number of aryl methyl sites for hydroxylation is 1. The summed E-state index contributed by atoms with van der Waals surface area (Å²) in [6.45, 7) is 0. The maximum atomic E-state index is 12.8. The average Bonchev–Trinajstić information content (AvgIpc) is 3.31. The fourth-order valence-corrected chi connectivity index (χ4v) is 4.02. The van der Waals surface area contributed by atoms with E-state index in [0.29, 0.717) is 11.3 Å². The van der Waals surface area contributed by atoms with Gasteiger partial charge in [0.1, 0.15) is 5.75 Å². The van der Waals surface area contributed by atoms with Crippen LogP contribution < -0.4 is 10.9 Å². The molecule has 1 aliphatic heterocycles. The summed E-state index contributed by atoms with van der Waals surface area (Å²) < 4.78 is 1.77. The number of aromatic nitrogens is 4. The van der Waals surface area contributed by atoms with Crippen LogP contribution in [0.3, 0.4) is 0 Å². The number of hydrogen-bond donors (Lipinski definition) is 3. The first-order valence-electron chi connectivity index (χ1n) is 9.33. The number of fused-ring (bicyclic) bond motifs is 1. The van der Waals surface area contributed by atoms with Crippen molar-refractivity contribution in [2.24, 2.45) is 7.05 Å². The molecule has 2 aromatic carbocycles. The summed E-state index contributed by atoms with van der Waals surface area (Å²) in [6.07, 6.45) is 3.82. The van der Waals surface area contributed by atoms with Crippen LogP contribution in [0.1, 0.15) is 28.7 Å². The fraction of sp³-hybridized carbons (Fsp3) is 0.136. The molecular weight excluding hydrogens is 366 g/mol. The van der Waals surface area contributed by atoms with Gasteiger partial charge in [-0.2, -0.15) is 10.2 Å². The molecule has 29 heavy (non-hydrogen) atoms. The molecule has 1 aliphatic rings. The Morgan fingerprint density at radius 3 is 2.72 bits per heavy atom. The zero-order valence-corrected chi connectivity index (χ0v) is 15.7. The van der Waals surface area contributed by atoms with Crippen molar-refractivity contribution in [1.82, 2.24) is 20.0 Å². The maximum Gasteiger partial charge on any atom is 0.269 e. The van der Waals surface area contributed by atoms with E-state index in [0.717, 1.165) is 22.4 Å². The number of phenolic OH excluding ortho intramolecular Hbond substituents is 1. The lowest BCUT2D eigenvalue weighted by Crippen LogP contribution is -2.23. The van der Waals surface area contributed by atoms with Crippen LogP contribution in [0.15, 0.2) is 71.8 Å². The van der Waals surface area contributed by atoms with E-state index in [2.05, 4.69) is 26.7 Å².